The molecule has 106 valence electrons. The van der Waals surface area contributed by atoms with E-state index in [4.69, 9.17) is 14.0 Å². The molecule has 2 rings (SSSR count). The quantitative estimate of drug-likeness (QED) is 0.787. The first-order chi connectivity index (χ1) is 9.13. The average Bonchev–Trinajstić information content (AvgIpc) is 2.86. The Morgan fingerprint density at radius 3 is 3.00 bits per heavy atom. The molecule has 7 nitrogen and oxygen atoms in total. The van der Waals surface area contributed by atoms with Crippen LogP contribution in [0.2, 0.25) is 0 Å². The lowest BCUT2D eigenvalue weighted by molar-refractivity contribution is -0.0605. The Kier molecular flexibility index (Phi) is 4.52. The molecular weight excluding hydrogens is 252 g/mol. The number of ether oxygens (including phenoxy) is 2. The molecule has 2 heterocycles. The van der Waals surface area contributed by atoms with Crippen molar-refractivity contribution in [3.8, 4) is 0 Å². The standard InChI is InChI=1S/C12H18N2O5/c1-17-7-9-6-10(14-19-9)11(15)13-8-12(16)2-4-18-5-3-12/h6,16H,2-5,7-8H2,1H3,(H,13,15). The molecule has 7 heteroatoms. The summed E-state index contributed by atoms with van der Waals surface area (Å²) < 4.78 is 15.0. The van der Waals surface area contributed by atoms with Gasteiger partial charge in [0.15, 0.2) is 11.5 Å². The van der Waals surface area contributed by atoms with Gasteiger partial charge in [-0.25, -0.2) is 0 Å². The maximum absolute atomic E-state index is 11.8. The SMILES string of the molecule is COCc1cc(C(=O)NCC2(O)CCOCC2)no1. The second-order valence-corrected chi connectivity index (χ2v) is 4.63. The van der Waals surface area contributed by atoms with Gasteiger partial charge in [0.25, 0.3) is 5.91 Å². The number of carbonyl (C=O) groups excluding carboxylic acids is 1. The molecule has 1 aromatic heterocycles. The summed E-state index contributed by atoms with van der Waals surface area (Å²) in [6.07, 6.45) is 1.03. The number of nitrogens with zero attached hydrogens (tertiary/aromatic N) is 1. The van der Waals surface area contributed by atoms with E-state index in [9.17, 15) is 9.90 Å². The zero-order chi connectivity index (χ0) is 13.7. The Hall–Kier alpha value is -1.44. The molecule has 2 N–H and O–H groups in total. The number of nitrogens with one attached hydrogen (secondary N) is 1. The van der Waals surface area contributed by atoms with Crippen molar-refractivity contribution in [1.82, 2.24) is 10.5 Å². The van der Waals surface area contributed by atoms with E-state index < -0.39 is 5.60 Å². The molecule has 0 unspecified atom stereocenters. The smallest absolute Gasteiger partial charge is 0.273 e. The van der Waals surface area contributed by atoms with Gasteiger partial charge in [-0.2, -0.15) is 0 Å². The summed E-state index contributed by atoms with van der Waals surface area (Å²) in [7, 11) is 1.53. The number of aliphatic hydroxyl groups is 1. The fourth-order valence-corrected chi connectivity index (χ4v) is 1.89. The Bertz CT molecular complexity index is 426. The van der Waals surface area contributed by atoms with E-state index in [0.29, 0.717) is 31.8 Å². The van der Waals surface area contributed by atoms with Gasteiger partial charge in [-0.1, -0.05) is 5.16 Å². The monoisotopic (exact) mass is 270 g/mol. The first kappa shape index (κ1) is 14.0. The summed E-state index contributed by atoms with van der Waals surface area (Å²) in [5.74, 6) is 0.114. The van der Waals surface area contributed by atoms with Crippen LogP contribution in [-0.2, 0) is 16.1 Å². The highest BCUT2D eigenvalue weighted by molar-refractivity contribution is 5.92. The van der Waals surface area contributed by atoms with Crippen molar-refractivity contribution in [2.24, 2.45) is 0 Å². The second-order valence-electron chi connectivity index (χ2n) is 4.63. The molecule has 0 bridgehead atoms. The zero-order valence-corrected chi connectivity index (χ0v) is 10.8. The maximum Gasteiger partial charge on any atom is 0.273 e. The minimum absolute atomic E-state index is 0.182. The van der Waals surface area contributed by atoms with Crippen molar-refractivity contribution in [3.05, 3.63) is 17.5 Å². The number of amides is 1. The average molecular weight is 270 g/mol. The molecule has 1 aliphatic rings. The molecule has 0 atom stereocenters. The molecule has 1 saturated heterocycles. The lowest BCUT2D eigenvalue weighted by Crippen LogP contribution is -2.46. The second kappa shape index (κ2) is 6.14. The van der Waals surface area contributed by atoms with Gasteiger partial charge in [-0.3, -0.25) is 4.79 Å². The number of hydrogen-bond donors (Lipinski definition) is 2. The number of methoxy groups -OCH3 is 1. The van der Waals surface area contributed by atoms with Crippen LogP contribution in [-0.4, -0.2) is 48.6 Å². The minimum atomic E-state index is -0.896. The molecule has 19 heavy (non-hydrogen) atoms. The summed E-state index contributed by atoms with van der Waals surface area (Å²) >= 11 is 0. The Labute approximate surface area is 110 Å². The van der Waals surface area contributed by atoms with E-state index >= 15 is 0 Å². The van der Waals surface area contributed by atoms with Crippen LogP contribution in [0.3, 0.4) is 0 Å². The van der Waals surface area contributed by atoms with E-state index in [2.05, 4.69) is 10.5 Å². The highest BCUT2D eigenvalue weighted by atomic mass is 16.5. The van der Waals surface area contributed by atoms with Crippen LogP contribution >= 0.6 is 0 Å². The summed E-state index contributed by atoms with van der Waals surface area (Å²) in [6, 6.07) is 1.52. The zero-order valence-electron chi connectivity index (χ0n) is 10.8. The van der Waals surface area contributed by atoms with Crippen LogP contribution < -0.4 is 5.32 Å². The van der Waals surface area contributed by atoms with Gasteiger partial charge in [0.05, 0.1) is 5.60 Å². The van der Waals surface area contributed by atoms with Gasteiger partial charge < -0.3 is 24.4 Å². The number of rotatable bonds is 5. The van der Waals surface area contributed by atoms with Crippen LogP contribution in [0, 0.1) is 0 Å². The summed E-state index contributed by atoms with van der Waals surface area (Å²) in [5, 5.41) is 16.5. The van der Waals surface area contributed by atoms with Gasteiger partial charge in [-0.05, 0) is 0 Å². The minimum Gasteiger partial charge on any atom is -0.388 e. The Morgan fingerprint density at radius 2 is 2.32 bits per heavy atom. The lowest BCUT2D eigenvalue weighted by Gasteiger charge is -2.31. The first-order valence-corrected chi connectivity index (χ1v) is 6.16. The van der Waals surface area contributed by atoms with E-state index in [1.54, 1.807) is 0 Å². The fourth-order valence-electron chi connectivity index (χ4n) is 1.89. The summed E-state index contributed by atoms with van der Waals surface area (Å²) in [5.41, 5.74) is -0.713. The van der Waals surface area contributed by atoms with Crippen molar-refractivity contribution in [1.29, 1.82) is 0 Å². The van der Waals surface area contributed by atoms with Crippen LogP contribution in [0.25, 0.3) is 0 Å². The van der Waals surface area contributed by atoms with Crippen molar-refractivity contribution in [2.75, 3.05) is 26.9 Å². The van der Waals surface area contributed by atoms with Crippen LogP contribution in [0.5, 0.6) is 0 Å². The third-order valence-electron chi connectivity index (χ3n) is 3.08. The van der Waals surface area contributed by atoms with Crippen molar-refractivity contribution in [2.45, 2.75) is 25.0 Å². The maximum atomic E-state index is 11.8. The van der Waals surface area contributed by atoms with Gasteiger partial charge in [0.2, 0.25) is 0 Å². The number of hydrogen-bond acceptors (Lipinski definition) is 6. The molecule has 0 radical (unpaired) electrons. The molecule has 1 aliphatic heterocycles. The van der Waals surface area contributed by atoms with E-state index in [1.165, 1.54) is 13.2 Å². The molecule has 1 amide bonds. The molecule has 0 saturated carbocycles. The molecule has 1 aromatic rings. The van der Waals surface area contributed by atoms with E-state index in [1.807, 2.05) is 0 Å². The van der Waals surface area contributed by atoms with Crippen LogP contribution in [0.1, 0.15) is 29.1 Å². The third-order valence-corrected chi connectivity index (χ3v) is 3.08. The molecule has 0 aromatic carbocycles. The first-order valence-electron chi connectivity index (χ1n) is 6.16. The summed E-state index contributed by atoms with van der Waals surface area (Å²) in [4.78, 5) is 11.8. The van der Waals surface area contributed by atoms with E-state index in [-0.39, 0.29) is 24.8 Å². The van der Waals surface area contributed by atoms with Crippen molar-refractivity contribution in [3.63, 3.8) is 0 Å². The molecular formula is C12H18N2O5. The third kappa shape index (κ3) is 3.76. The topological polar surface area (TPSA) is 93.8 Å². The van der Waals surface area contributed by atoms with Gasteiger partial charge in [0.1, 0.15) is 6.61 Å². The molecule has 0 spiro atoms. The lowest BCUT2D eigenvalue weighted by atomic mass is 9.94. The van der Waals surface area contributed by atoms with Crippen LogP contribution in [0.15, 0.2) is 10.6 Å². The van der Waals surface area contributed by atoms with Crippen molar-refractivity contribution < 1.29 is 23.9 Å². The predicted octanol–water partition coefficient (Wildman–Crippen LogP) is 0.0923. The summed E-state index contributed by atoms with van der Waals surface area (Å²) in [6.45, 7) is 1.46. The van der Waals surface area contributed by atoms with Crippen LogP contribution in [0.4, 0.5) is 0 Å². The van der Waals surface area contributed by atoms with Gasteiger partial charge in [-0.15, -0.1) is 0 Å². The number of carbonyl (C=O) groups is 1. The highest BCUT2D eigenvalue weighted by Gasteiger charge is 2.30. The molecule has 1 fully saturated rings. The Morgan fingerprint density at radius 1 is 1.58 bits per heavy atom. The normalized spacial score (nSPS) is 18.2. The highest BCUT2D eigenvalue weighted by Crippen LogP contribution is 2.19. The van der Waals surface area contributed by atoms with E-state index in [0.717, 1.165) is 0 Å². The number of aromatic nitrogens is 1. The molecule has 0 aliphatic carbocycles. The predicted molar refractivity (Wildman–Crippen MR) is 64.6 cm³/mol. The largest absolute Gasteiger partial charge is 0.388 e. The van der Waals surface area contributed by atoms with Crippen molar-refractivity contribution >= 4 is 5.91 Å². The Balaban J connectivity index is 1.86. The fraction of sp³-hybridized carbons (Fsp3) is 0.667. The van der Waals surface area contributed by atoms with Gasteiger partial charge >= 0.3 is 0 Å². The van der Waals surface area contributed by atoms with Gasteiger partial charge in [0, 0.05) is 45.8 Å².